The van der Waals surface area contributed by atoms with Crippen LogP contribution in [0.2, 0.25) is 0 Å². The number of ether oxygens (including phenoxy) is 2. The molecule has 0 bridgehead atoms. The van der Waals surface area contributed by atoms with Gasteiger partial charge in [0.25, 0.3) is 0 Å². The van der Waals surface area contributed by atoms with E-state index in [-0.39, 0.29) is 18.4 Å². The van der Waals surface area contributed by atoms with Crippen LogP contribution in [0.25, 0.3) is 6.08 Å². The van der Waals surface area contributed by atoms with Gasteiger partial charge in [-0.1, -0.05) is 0 Å². The van der Waals surface area contributed by atoms with E-state index >= 15 is 0 Å². The minimum atomic E-state index is -0.316. The number of nitrogens with one attached hydrogen (secondary N) is 1. The lowest BCUT2D eigenvalue weighted by atomic mass is 10.2. The summed E-state index contributed by atoms with van der Waals surface area (Å²) in [5.41, 5.74) is 0.568. The number of hydrogen-bond acceptors (Lipinski definition) is 5. The van der Waals surface area contributed by atoms with Gasteiger partial charge in [-0.05, 0) is 44.2 Å². The third-order valence-corrected chi connectivity index (χ3v) is 3.52. The van der Waals surface area contributed by atoms with Crippen LogP contribution in [-0.2, 0) is 9.59 Å². The third kappa shape index (κ3) is 6.22. The first-order valence-corrected chi connectivity index (χ1v) is 8.69. The monoisotopic (exact) mass is 372 g/mol. The predicted octanol–water partition coefficient (Wildman–Crippen LogP) is 3.19. The zero-order valence-electron chi connectivity index (χ0n) is 15.7. The molecule has 0 radical (unpaired) electrons. The van der Waals surface area contributed by atoms with Gasteiger partial charge in [0.1, 0.15) is 5.76 Å². The Morgan fingerprint density at radius 2 is 1.89 bits per heavy atom. The van der Waals surface area contributed by atoms with E-state index in [4.69, 9.17) is 13.9 Å². The van der Waals surface area contributed by atoms with Crippen molar-refractivity contribution in [2.24, 2.45) is 0 Å². The number of carbonyl (C=O) groups excluding carboxylic acids is 2. The first-order chi connectivity index (χ1) is 13.0. The molecule has 1 aromatic heterocycles. The van der Waals surface area contributed by atoms with Crippen LogP contribution in [0.4, 0.5) is 5.69 Å². The van der Waals surface area contributed by atoms with Gasteiger partial charge in [0.05, 0.1) is 26.0 Å². The number of furan rings is 1. The summed E-state index contributed by atoms with van der Waals surface area (Å²) in [4.78, 5) is 25.6. The second kappa shape index (κ2) is 10.1. The van der Waals surface area contributed by atoms with Gasteiger partial charge in [0.2, 0.25) is 11.8 Å². The molecule has 7 heteroatoms. The van der Waals surface area contributed by atoms with Crippen molar-refractivity contribution in [1.82, 2.24) is 4.90 Å². The second-order valence-corrected chi connectivity index (χ2v) is 5.62. The van der Waals surface area contributed by atoms with E-state index in [2.05, 4.69) is 5.32 Å². The number of carbonyl (C=O) groups is 2. The highest BCUT2D eigenvalue weighted by molar-refractivity contribution is 5.97. The van der Waals surface area contributed by atoms with Crippen LogP contribution in [0, 0.1) is 0 Å². The maximum atomic E-state index is 12.2. The number of hydrogen-bond donors (Lipinski definition) is 1. The SMILES string of the molecule is CCOc1ccc(NC(=O)CN(C)C(=O)/C=C/c2ccco2)cc1OCC. The van der Waals surface area contributed by atoms with Gasteiger partial charge in [-0.25, -0.2) is 0 Å². The normalized spacial score (nSPS) is 10.6. The molecule has 1 aromatic carbocycles. The van der Waals surface area contributed by atoms with E-state index in [0.717, 1.165) is 0 Å². The molecule has 0 aliphatic rings. The highest BCUT2D eigenvalue weighted by atomic mass is 16.5. The minimum absolute atomic E-state index is 0.0848. The Bertz CT molecular complexity index is 784. The molecule has 0 aliphatic heterocycles. The molecule has 0 atom stereocenters. The quantitative estimate of drug-likeness (QED) is 0.684. The Morgan fingerprint density at radius 1 is 1.15 bits per heavy atom. The van der Waals surface area contributed by atoms with Gasteiger partial charge >= 0.3 is 0 Å². The largest absolute Gasteiger partial charge is 0.490 e. The van der Waals surface area contributed by atoms with E-state index in [1.165, 1.54) is 17.2 Å². The molecule has 0 saturated carbocycles. The summed E-state index contributed by atoms with van der Waals surface area (Å²) in [6.07, 6.45) is 4.43. The van der Waals surface area contributed by atoms with Gasteiger partial charge in [-0.3, -0.25) is 9.59 Å². The van der Waals surface area contributed by atoms with E-state index in [9.17, 15) is 9.59 Å². The van der Waals surface area contributed by atoms with E-state index in [1.54, 1.807) is 43.5 Å². The summed E-state index contributed by atoms with van der Waals surface area (Å²) in [6.45, 7) is 4.68. The molecule has 0 spiro atoms. The summed E-state index contributed by atoms with van der Waals surface area (Å²) in [5.74, 6) is 1.13. The molecular formula is C20H24N2O5. The molecular weight excluding hydrogens is 348 g/mol. The Hall–Kier alpha value is -3.22. The fraction of sp³-hybridized carbons (Fsp3) is 0.300. The number of nitrogens with zero attached hydrogens (tertiary/aromatic N) is 1. The average molecular weight is 372 g/mol. The summed E-state index contributed by atoms with van der Waals surface area (Å²) in [5, 5.41) is 2.75. The summed E-state index contributed by atoms with van der Waals surface area (Å²) in [6, 6.07) is 8.63. The maximum absolute atomic E-state index is 12.2. The average Bonchev–Trinajstić information content (AvgIpc) is 3.15. The number of anilines is 1. The molecule has 144 valence electrons. The first-order valence-electron chi connectivity index (χ1n) is 8.69. The highest BCUT2D eigenvalue weighted by Crippen LogP contribution is 2.30. The molecule has 27 heavy (non-hydrogen) atoms. The molecule has 0 fully saturated rings. The predicted molar refractivity (Wildman–Crippen MR) is 103 cm³/mol. The van der Waals surface area contributed by atoms with Gasteiger partial charge < -0.3 is 24.1 Å². The van der Waals surface area contributed by atoms with Crippen molar-refractivity contribution < 1.29 is 23.5 Å². The molecule has 7 nitrogen and oxygen atoms in total. The van der Waals surface area contributed by atoms with Gasteiger partial charge in [-0.2, -0.15) is 0 Å². The summed E-state index contributed by atoms with van der Waals surface area (Å²) in [7, 11) is 1.55. The van der Waals surface area contributed by atoms with Crippen molar-refractivity contribution in [3.05, 3.63) is 48.4 Å². The van der Waals surface area contributed by atoms with Gasteiger partial charge in [0, 0.05) is 24.9 Å². The molecule has 2 rings (SSSR count). The molecule has 2 amide bonds. The minimum Gasteiger partial charge on any atom is -0.490 e. The van der Waals surface area contributed by atoms with Crippen LogP contribution >= 0.6 is 0 Å². The second-order valence-electron chi connectivity index (χ2n) is 5.62. The van der Waals surface area contributed by atoms with Crippen molar-refractivity contribution in [2.75, 3.05) is 32.1 Å². The zero-order chi connectivity index (χ0) is 19.6. The summed E-state index contributed by atoms with van der Waals surface area (Å²) < 4.78 is 16.2. The van der Waals surface area contributed by atoms with Crippen molar-refractivity contribution in [2.45, 2.75) is 13.8 Å². The van der Waals surface area contributed by atoms with Crippen LogP contribution in [-0.4, -0.2) is 43.5 Å². The van der Waals surface area contributed by atoms with Crippen molar-refractivity contribution in [3.8, 4) is 11.5 Å². The van der Waals surface area contributed by atoms with Crippen LogP contribution in [0.15, 0.2) is 47.1 Å². The lowest BCUT2D eigenvalue weighted by Gasteiger charge is -2.16. The fourth-order valence-electron chi connectivity index (χ4n) is 2.29. The Balaban J connectivity index is 1.94. The standard InChI is InChI=1S/C20H24N2O5/c1-4-25-17-10-8-15(13-18(17)26-5-2)21-19(23)14-22(3)20(24)11-9-16-7-6-12-27-16/h6-13H,4-5,14H2,1-3H3,(H,21,23)/b11-9+. The van der Waals surface area contributed by atoms with E-state index in [1.807, 2.05) is 13.8 Å². The summed E-state index contributed by atoms with van der Waals surface area (Å²) >= 11 is 0. The Kier molecular flexibility index (Phi) is 7.49. The smallest absolute Gasteiger partial charge is 0.246 e. The first kappa shape index (κ1) is 20.1. The number of likely N-dealkylation sites (N-methyl/N-ethyl adjacent to an activating group) is 1. The molecule has 1 N–H and O–H groups in total. The topological polar surface area (TPSA) is 81.0 Å². The molecule has 0 unspecified atom stereocenters. The van der Waals surface area contributed by atoms with Crippen LogP contribution in [0.1, 0.15) is 19.6 Å². The maximum Gasteiger partial charge on any atom is 0.246 e. The molecule has 1 heterocycles. The zero-order valence-corrected chi connectivity index (χ0v) is 15.7. The van der Waals surface area contributed by atoms with E-state index in [0.29, 0.717) is 36.2 Å². The van der Waals surface area contributed by atoms with Crippen molar-refractivity contribution >= 4 is 23.6 Å². The highest BCUT2D eigenvalue weighted by Gasteiger charge is 2.12. The molecule has 2 aromatic rings. The fourth-order valence-corrected chi connectivity index (χ4v) is 2.29. The van der Waals surface area contributed by atoms with Crippen LogP contribution in [0.3, 0.4) is 0 Å². The van der Waals surface area contributed by atoms with Gasteiger partial charge in [0.15, 0.2) is 11.5 Å². The number of benzene rings is 1. The Morgan fingerprint density at radius 3 is 2.56 bits per heavy atom. The molecule has 0 aliphatic carbocycles. The number of amides is 2. The lowest BCUT2D eigenvalue weighted by Crippen LogP contribution is -2.33. The lowest BCUT2D eigenvalue weighted by molar-refractivity contribution is -0.129. The van der Waals surface area contributed by atoms with Crippen molar-refractivity contribution in [3.63, 3.8) is 0 Å². The van der Waals surface area contributed by atoms with Crippen LogP contribution in [0.5, 0.6) is 11.5 Å². The number of rotatable bonds is 9. The molecule has 0 saturated heterocycles. The van der Waals surface area contributed by atoms with Crippen LogP contribution < -0.4 is 14.8 Å². The van der Waals surface area contributed by atoms with Gasteiger partial charge in [-0.15, -0.1) is 0 Å². The Labute approximate surface area is 158 Å². The van der Waals surface area contributed by atoms with Crippen molar-refractivity contribution in [1.29, 1.82) is 0 Å². The third-order valence-electron chi connectivity index (χ3n) is 3.52. The van der Waals surface area contributed by atoms with E-state index < -0.39 is 0 Å².